The third-order valence-electron chi connectivity index (χ3n) is 3.02. The Kier molecular flexibility index (Phi) is 5.52. The molecule has 7 heteroatoms. The fraction of sp³-hybridized carbons (Fsp3) is 0.333. The lowest BCUT2D eigenvalue weighted by molar-refractivity contribution is -0.172. The highest BCUT2D eigenvalue weighted by Crippen LogP contribution is 2.43. The molecule has 22 heavy (non-hydrogen) atoms. The topological polar surface area (TPSA) is 3.24 Å². The molecule has 0 spiro atoms. The van der Waals surface area contributed by atoms with E-state index < -0.39 is 18.0 Å². The van der Waals surface area contributed by atoms with Crippen LogP contribution in [-0.4, -0.2) is 17.0 Å². The Hall–Kier alpha value is -1.05. The summed E-state index contributed by atoms with van der Waals surface area (Å²) in [5.74, 6) is -0.547. The van der Waals surface area contributed by atoms with Gasteiger partial charge in [0.2, 0.25) is 0 Å². The maximum Gasteiger partial charge on any atom is 0.408 e. The fourth-order valence-corrected chi connectivity index (χ4v) is 4.30. The molecule has 0 aliphatic rings. The molecule has 0 amide bonds. The standard InChI is InChI=1S/C15H15F4NS2/c1-3-20(22-13-9-4-10(2)21-13)14(15(17,18)19)11-5-7-12(16)8-6-11/h4-9,14H,3H2,1-2H3/t14-/m0/s1. The summed E-state index contributed by atoms with van der Waals surface area (Å²) in [5, 5.41) is 0. The number of nitrogens with zero attached hydrogens (tertiary/aromatic N) is 1. The minimum absolute atomic E-state index is 0.0385. The molecule has 0 unspecified atom stereocenters. The van der Waals surface area contributed by atoms with E-state index in [1.165, 1.54) is 27.8 Å². The molecular weight excluding hydrogens is 334 g/mol. The van der Waals surface area contributed by atoms with Crippen LogP contribution in [-0.2, 0) is 0 Å². The van der Waals surface area contributed by atoms with Crippen molar-refractivity contribution in [1.82, 2.24) is 4.31 Å². The normalized spacial score (nSPS) is 13.6. The number of benzene rings is 1. The Balaban J connectivity index is 2.31. The molecule has 0 bridgehead atoms. The minimum Gasteiger partial charge on any atom is -0.230 e. The number of rotatable bonds is 5. The SMILES string of the molecule is CCN(Sc1ccc(C)s1)[C@@H](c1ccc(F)cc1)C(F)(F)F. The lowest BCUT2D eigenvalue weighted by atomic mass is 10.1. The zero-order valence-corrected chi connectivity index (χ0v) is 13.7. The van der Waals surface area contributed by atoms with E-state index in [9.17, 15) is 17.6 Å². The molecule has 1 nitrogen and oxygen atoms in total. The van der Waals surface area contributed by atoms with Crippen LogP contribution in [0, 0.1) is 12.7 Å². The van der Waals surface area contributed by atoms with Crippen molar-refractivity contribution >= 4 is 23.3 Å². The maximum atomic E-state index is 13.5. The molecule has 1 aromatic carbocycles. The van der Waals surface area contributed by atoms with Gasteiger partial charge in [-0.25, -0.2) is 8.70 Å². The molecule has 0 N–H and O–H groups in total. The van der Waals surface area contributed by atoms with Gasteiger partial charge in [-0.15, -0.1) is 11.3 Å². The second-order valence-corrected chi connectivity index (χ2v) is 7.32. The van der Waals surface area contributed by atoms with E-state index in [2.05, 4.69) is 0 Å². The smallest absolute Gasteiger partial charge is 0.230 e. The summed E-state index contributed by atoms with van der Waals surface area (Å²) >= 11 is 2.53. The molecule has 120 valence electrons. The monoisotopic (exact) mass is 349 g/mol. The Morgan fingerprint density at radius 2 is 1.77 bits per heavy atom. The summed E-state index contributed by atoms with van der Waals surface area (Å²) in [5.41, 5.74) is 0.0385. The van der Waals surface area contributed by atoms with Crippen molar-refractivity contribution in [3.63, 3.8) is 0 Å². The molecule has 0 fully saturated rings. The van der Waals surface area contributed by atoms with Crippen LogP contribution >= 0.6 is 23.3 Å². The van der Waals surface area contributed by atoms with Gasteiger partial charge < -0.3 is 0 Å². The summed E-state index contributed by atoms with van der Waals surface area (Å²) < 4.78 is 55.6. The minimum atomic E-state index is -4.44. The number of halogens is 4. The first-order valence-electron chi connectivity index (χ1n) is 6.64. The van der Waals surface area contributed by atoms with Crippen LogP contribution in [0.25, 0.3) is 0 Å². The molecule has 0 saturated carbocycles. The molecule has 0 aliphatic carbocycles. The predicted octanol–water partition coefficient (Wildman–Crippen LogP) is 5.83. The Morgan fingerprint density at radius 3 is 2.23 bits per heavy atom. The zero-order valence-electron chi connectivity index (χ0n) is 12.0. The molecule has 2 aromatic rings. The molecule has 0 aliphatic heterocycles. The van der Waals surface area contributed by atoms with Crippen molar-refractivity contribution in [3.05, 3.63) is 52.7 Å². The average Bonchev–Trinajstić information content (AvgIpc) is 2.84. The molecule has 1 aromatic heterocycles. The third-order valence-corrected chi connectivity index (χ3v) is 5.31. The highest BCUT2D eigenvalue weighted by molar-refractivity contribution is 7.98. The Labute approximate surface area is 135 Å². The highest BCUT2D eigenvalue weighted by Gasteiger charge is 2.44. The van der Waals surface area contributed by atoms with E-state index in [0.717, 1.165) is 33.2 Å². The zero-order chi connectivity index (χ0) is 16.3. The van der Waals surface area contributed by atoms with Crippen molar-refractivity contribution in [3.8, 4) is 0 Å². The van der Waals surface area contributed by atoms with Gasteiger partial charge in [0, 0.05) is 11.4 Å². The van der Waals surface area contributed by atoms with Crippen molar-refractivity contribution in [2.45, 2.75) is 30.3 Å². The number of hydrogen-bond acceptors (Lipinski definition) is 3. The maximum absolute atomic E-state index is 13.5. The highest BCUT2D eigenvalue weighted by atomic mass is 32.2. The molecule has 2 rings (SSSR count). The number of alkyl halides is 3. The van der Waals surface area contributed by atoms with Crippen LogP contribution in [0.1, 0.15) is 23.4 Å². The van der Waals surface area contributed by atoms with Gasteiger partial charge in [-0.3, -0.25) is 0 Å². The van der Waals surface area contributed by atoms with Crippen LogP contribution in [0.4, 0.5) is 17.6 Å². The molecule has 0 saturated heterocycles. The summed E-state index contributed by atoms with van der Waals surface area (Å²) in [7, 11) is 0. The van der Waals surface area contributed by atoms with Gasteiger partial charge in [0.05, 0.1) is 4.21 Å². The van der Waals surface area contributed by atoms with Gasteiger partial charge >= 0.3 is 6.18 Å². The molecular formula is C15H15F4NS2. The van der Waals surface area contributed by atoms with E-state index in [0.29, 0.717) is 0 Å². The number of thiophene rings is 1. The van der Waals surface area contributed by atoms with E-state index in [1.54, 1.807) is 6.92 Å². The van der Waals surface area contributed by atoms with Gasteiger partial charge in [-0.1, -0.05) is 19.1 Å². The van der Waals surface area contributed by atoms with E-state index >= 15 is 0 Å². The fourth-order valence-electron chi connectivity index (χ4n) is 2.04. The second-order valence-electron chi connectivity index (χ2n) is 4.69. The van der Waals surface area contributed by atoms with Crippen molar-refractivity contribution in [2.24, 2.45) is 0 Å². The van der Waals surface area contributed by atoms with Gasteiger partial charge in [-0.2, -0.15) is 13.2 Å². The van der Waals surface area contributed by atoms with Crippen LogP contribution < -0.4 is 0 Å². The largest absolute Gasteiger partial charge is 0.408 e. The van der Waals surface area contributed by atoms with Gasteiger partial charge in [0.15, 0.2) is 0 Å². The van der Waals surface area contributed by atoms with Crippen LogP contribution in [0.5, 0.6) is 0 Å². The van der Waals surface area contributed by atoms with Crippen molar-refractivity contribution < 1.29 is 17.6 Å². The van der Waals surface area contributed by atoms with Crippen molar-refractivity contribution in [2.75, 3.05) is 6.54 Å². The van der Waals surface area contributed by atoms with E-state index in [1.807, 2.05) is 19.1 Å². The van der Waals surface area contributed by atoms with Gasteiger partial charge in [0.1, 0.15) is 11.9 Å². The number of hydrogen-bond donors (Lipinski definition) is 0. The first-order valence-corrected chi connectivity index (χ1v) is 8.23. The lowest BCUT2D eigenvalue weighted by Crippen LogP contribution is -2.34. The van der Waals surface area contributed by atoms with E-state index in [4.69, 9.17) is 0 Å². The molecule has 0 radical (unpaired) electrons. The second kappa shape index (κ2) is 7.02. The first-order chi connectivity index (χ1) is 10.3. The average molecular weight is 349 g/mol. The van der Waals surface area contributed by atoms with Crippen LogP contribution in [0.3, 0.4) is 0 Å². The number of aryl methyl sites for hydroxylation is 1. The summed E-state index contributed by atoms with van der Waals surface area (Å²) in [6.45, 7) is 3.80. The van der Waals surface area contributed by atoms with Crippen LogP contribution in [0.2, 0.25) is 0 Å². The van der Waals surface area contributed by atoms with Crippen molar-refractivity contribution in [1.29, 1.82) is 0 Å². The van der Waals surface area contributed by atoms with Gasteiger partial charge in [0.25, 0.3) is 0 Å². The summed E-state index contributed by atoms with van der Waals surface area (Å²) in [6, 6.07) is 6.41. The summed E-state index contributed by atoms with van der Waals surface area (Å²) in [4.78, 5) is 1.05. The van der Waals surface area contributed by atoms with Crippen LogP contribution in [0.15, 0.2) is 40.6 Å². The lowest BCUT2D eigenvalue weighted by Gasteiger charge is -2.31. The molecule has 1 heterocycles. The van der Waals surface area contributed by atoms with Gasteiger partial charge in [-0.05, 0) is 48.7 Å². The first kappa shape index (κ1) is 17.3. The quantitative estimate of drug-likeness (QED) is 0.494. The predicted molar refractivity (Wildman–Crippen MR) is 82.5 cm³/mol. The molecule has 1 atom stereocenters. The summed E-state index contributed by atoms with van der Waals surface area (Å²) in [6.07, 6.45) is -4.44. The Morgan fingerprint density at radius 1 is 1.14 bits per heavy atom. The Bertz CT molecular complexity index is 607. The van der Waals surface area contributed by atoms with E-state index in [-0.39, 0.29) is 12.1 Å². The third kappa shape index (κ3) is 4.24.